The molecule has 2 saturated heterocycles. The van der Waals surface area contributed by atoms with Crippen LogP contribution in [0, 0.1) is 5.92 Å². The third-order valence-electron chi connectivity index (χ3n) is 5.87. The molecule has 3 aromatic heterocycles. The number of hydrogen-bond acceptors (Lipinski definition) is 8. The van der Waals surface area contributed by atoms with Gasteiger partial charge in [0.05, 0.1) is 12.2 Å². The first kappa shape index (κ1) is 19.5. The molecule has 2 aliphatic heterocycles. The summed E-state index contributed by atoms with van der Waals surface area (Å²) in [6.45, 7) is 3.46. The molecule has 0 saturated carbocycles. The van der Waals surface area contributed by atoms with E-state index in [2.05, 4.69) is 35.3 Å². The molecule has 160 valence electrons. The third-order valence-corrected chi connectivity index (χ3v) is 5.87. The molecule has 5 rings (SSSR count). The SMILES string of the molecule is O=C(Nc1cc(N2CCCC2)ncn1)C1CCCN(c2ccc(-c3ccco3)nn2)C1. The van der Waals surface area contributed by atoms with Crippen molar-refractivity contribution in [3.63, 3.8) is 0 Å². The number of rotatable bonds is 5. The van der Waals surface area contributed by atoms with Crippen LogP contribution in [0.1, 0.15) is 25.7 Å². The van der Waals surface area contributed by atoms with Crippen LogP contribution in [0.2, 0.25) is 0 Å². The molecule has 0 bridgehead atoms. The predicted molar refractivity (Wildman–Crippen MR) is 117 cm³/mol. The highest BCUT2D eigenvalue weighted by Gasteiger charge is 2.27. The molecule has 9 nitrogen and oxygen atoms in total. The van der Waals surface area contributed by atoms with Crippen LogP contribution in [0.3, 0.4) is 0 Å². The highest BCUT2D eigenvalue weighted by atomic mass is 16.3. The van der Waals surface area contributed by atoms with E-state index in [1.54, 1.807) is 6.26 Å². The van der Waals surface area contributed by atoms with Gasteiger partial charge in [0, 0.05) is 32.2 Å². The highest BCUT2D eigenvalue weighted by Crippen LogP contribution is 2.25. The molecule has 31 heavy (non-hydrogen) atoms. The Kier molecular flexibility index (Phi) is 5.47. The van der Waals surface area contributed by atoms with Crippen LogP contribution in [-0.4, -0.2) is 52.3 Å². The van der Waals surface area contributed by atoms with Crippen molar-refractivity contribution in [3.05, 3.63) is 42.9 Å². The number of hydrogen-bond donors (Lipinski definition) is 1. The fourth-order valence-electron chi connectivity index (χ4n) is 4.21. The van der Waals surface area contributed by atoms with Gasteiger partial charge in [0.15, 0.2) is 11.6 Å². The molecule has 1 N–H and O–H groups in total. The quantitative estimate of drug-likeness (QED) is 0.674. The second-order valence-corrected chi connectivity index (χ2v) is 7.98. The summed E-state index contributed by atoms with van der Waals surface area (Å²) in [6, 6.07) is 9.36. The average Bonchev–Trinajstić information content (AvgIpc) is 3.54. The number of piperidine rings is 1. The van der Waals surface area contributed by atoms with Gasteiger partial charge in [0.25, 0.3) is 0 Å². The van der Waals surface area contributed by atoms with Gasteiger partial charge < -0.3 is 19.5 Å². The second kappa shape index (κ2) is 8.71. The maximum Gasteiger partial charge on any atom is 0.230 e. The Hall–Kier alpha value is -3.49. The molecular weight excluding hydrogens is 394 g/mol. The molecule has 1 atom stereocenters. The number of anilines is 3. The van der Waals surface area contributed by atoms with Crippen LogP contribution >= 0.6 is 0 Å². The smallest absolute Gasteiger partial charge is 0.230 e. The van der Waals surface area contributed by atoms with E-state index in [9.17, 15) is 4.79 Å². The first-order valence-electron chi connectivity index (χ1n) is 10.8. The summed E-state index contributed by atoms with van der Waals surface area (Å²) in [7, 11) is 0. The van der Waals surface area contributed by atoms with Crippen molar-refractivity contribution in [1.82, 2.24) is 20.2 Å². The molecule has 9 heteroatoms. The molecule has 1 amide bonds. The van der Waals surface area contributed by atoms with Gasteiger partial charge in [-0.3, -0.25) is 4.79 Å². The Labute approximate surface area is 180 Å². The number of amides is 1. The van der Waals surface area contributed by atoms with Crippen LogP contribution in [0.15, 0.2) is 47.3 Å². The van der Waals surface area contributed by atoms with Crippen LogP contribution in [-0.2, 0) is 4.79 Å². The Bertz CT molecular complexity index is 1020. The van der Waals surface area contributed by atoms with Gasteiger partial charge in [-0.15, -0.1) is 10.2 Å². The zero-order valence-electron chi connectivity index (χ0n) is 17.3. The minimum absolute atomic E-state index is 0.0177. The Morgan fingerprint density at radius 3 is 2.65 bits per heavy atom. The molecule has 0 radical (unpaired) electrons. The topological polar surface area (TPSA) is 100 Å². The minimum atomic E-state index is -0.134. The standard InChI is InChI=1S/C22H25N7O2/c30-22(25-19-13-21(24-15-23-19)28-9-1-2-10-28)16-5-3-11-29(14-16)20-8-7-17(26-27-20)18-6-4-12-31-18/h4,6-8,12-13,15-16H,1-3,5,9-11,14H2,(H,23,24,25,30). The average molecular weight is 419 g/mol. The lowest BCUT2D eigenvalue weighted by atomic mass is 9.97. The molecule has 5 heterocycles. The minimum Gasteiger partial charge on any atom is -0.463 e. The van der Waals surface area contributed by atoms with Crippen molar-refractivity contribution < 1.29 is 9.21 Å². The molecule has 1 unspecified atom stereocenters. The zero-order valence-corrected chi connectivity index (χ0v) is 17.3. The van der Waals surface area contributed by atoms with E-state index in [0.29, 0.717) is 23.8 Å². The summed E-state index contributed by atoms with van der Waals surface area (Å²) < 4.78 is 5.37. The summed E-state index contributed by atoms with van der Waals surface area (Å²) in [5.41, 5.74) is 0.692. The molecule has 2 fully saturated rings. The molecule has 0 spiro atoms. The van der Waals surface area contributed by atoms with Gasteiger partial charge in [-0.1, -0.05) is 0 Å². The number of aromatic nitrogens is 4. The maximum absolute atomic E-state index is 12.9. The van der Waals surface area contributed by atoms with Crippen molar-refractivity contribution in [2.45, 2.75) is 25.7 Å². The lowest BCUT2D eigenvalue weighted by molar-refractivity contribution is -0.120. The monoisotopic (exact) mass is 419 g/mol. The fourth-order valence-corrected chi connectivity index (χ4v) is 4.21. The van der Waals surface area contributed by atoms with Gasteiger partial charge >= 0.3 is 0 Å². The second-order valence-electron chi connectivity index (χ2n) is 7.98. The molecular formula is C22H25N7O2. The normalized spacial score (nSPS) is 18.9. The largest absolute Gasteiger partial charge is 0.463 e. The third kappa shape index (κ3) is 4.35. The Morgan fingerprint density at radius 2 is 1.87 bits per heavy atom. The molecule has 0 aliphatic carbocycles. The van der Waals surface area contributed by atoms with E-state index >= 15 is 0 Å². The van der Waals surface area contributed by atoms with Crippen molar-refractivity contribution in [1.29, 1.82) is 0 Å². The van der Waals surface area contributed by atoms with Gasteiger partial charge in [-0.05, 0) is 49.9 Å². The molecule has 3 aromatic rings. The van der Waals surface area contributed by atoms with Crippen LogP contribution in [0.25, 0.3) is 11.5 Å². The lowest BCUT2D eigenvalue weighted by Gasteiger charge is -2.32. The first-order valence-corrected chi connectivity index (χ1v) is 10.8. The maximum atomic E-state index is 12.9. The predicted octanol–water partition coefficient (Wildman–Crippen LogP) is 2.98. The summed E-state index contributed by atoms with van der Waals surface area (Å²) in [4.78, 5) is 25.9. The van der Waals surface area contributed by atoms with E-state index in [-0.39, 0.29) is 11.8 Å². The van der Waals surface area contributed by atoms with Crippen molar-refractivity contribution in [2.24, 2.45) is 5.92 Å². The van der Waals surface area contributed by atoms with E-state index in [0.717, 1.165) is 44.1 Å². The van der Waals surface area contributed by atoms with Gasteiger partial charge in [0.1, 0.15) is 23.7 Å². The fraction of sp³-hybridized carbons (Fsp3) is 0.409. The lowest BCUT2D eigenvalue weighted by Crippen LogP contribution is -2.41. The first-order chi connectivity index (χ1) is 15.3. The molecule has 0 aromatic carbocycles. The number of nitrogens with zero attached hydrogens (tertiary/aromatic N) is 6. The summed E-state index contributed by atoms with van der Waals surface area (Å²) in [5, 5.41) is 11.6. The van der Waals surface area contributed by atoms with Gasteiger partial charge in [-0.2, -0.15) is 0 Å². The Balaban J connectivity index is 1.23. The van der Waals surface area contributed by atoms with Gasteiger partial charge in [-0.25, -0.2) is 9.97 Å². The van der Waals surface area contributed by atoms with E-state index < -0.39 is 0 Å². The number of furan rings is 1. The summed E-state index contributed by atoms with van der Waals surface area (Å²) in [6.07, 6.45) is 7.24. The van der Waals surface area contributed by atoms with E-state index in [1.165, 1.54) is 19.2 Å². The number of carbonyl (C=O) groups excluding carboxylic acids is 1. The van der Waals surface area contributed by atoms with Crippen molar-refractivity contribution in [3.8, 4) is 11.5 Å². The van der Waals surface area contributed by atoms with Gasteiger partial charge in [0.2, 0.25) is 5.91 Å². The zero-order chi connectivity index (χ0) is 21.0. The number of carbonyl (C=O) groups is 1. The van der Waals surface area contributed by atoms with Crippen LogP contribution in [0.4, 0.5) is 17.5 Å². The summed E-state index contributed by atoms with van der Waals surface area (Å²) in [5.74, 6) is 2.74. The van der Waals surface area contributed by atoms with E-state index in [1.807, 2.05) is 30.3 Å². The van der Waals surface area contributed by atoms with E-state index in [4.69, 9.17) is 4.42 Å². The molecule has 2 aliphatic rings. The van der Waals surface area contributed by atoms with Crippen molar-refractivity contribution >= 4 is 23.4 Å². The number of nitrogens with one attached hydrogen (secondary N) is 1. The van der Waals surface area contributed by atoms with Crippen LogP contribution < -0.4 is 15.1 Å². The van der Waals surface area contributed by atoms with Crippen LogP contribution in [0.5, 0.6) is 0 Å². The van der Waals surface area contributed by atoms with Crippen molar-refractivity contribution in [2.75, 3.05) is 41.3 Å². The highest BCUT2D eigenvalue weighted by molar-refractivity contribution is 5.92. The Morgan fingerprint density at radius 1 is 1.00 bits per heavy atom. The summed E-state index contributed by atoms with van der Waals surface area (Å²) >= 11 is 0.